The van der Waals surface area contributed by atoms with Crippen molar-refractivity contribution in [3.63, 3.8) is 0 Å². The highest BCUT2D eigenvalue weighted by molar-refractivity contribution is 5.85. The van der Waals surface area contributed by atoms with E-state index in [9.17, 15) is 0 Å². The van der Waals surface area contributed by atoms with Crippen molar-refractivity contribution >= 4 is 23.4 Å². The van der Waals surface area contributed by atoms with Crippen molar-refractivity contribution in [2.75, 3.05) is 13.1 Å². The topological polar surface area (TPSA) is 28.4 Å². The third kappa shape index (κ3) is 2.71. The Kier molecular flexibility index (Phi) is 4.01. The Morgan fingerprint density at radius 1 is 1.15 bits per heavy atom. The molecule has 1 aromatic carbocycles. The summed E-state index contributed by atoms with van der Waals surface area (Å²) < 4.78 is 5.93. The molecule has 4 rings (SSSR count). The Morgan fingerprint density at radius 3 is 2.90 bits per heavy atom. The van der Waals surface area contributed by atoms with Crippen LogP contribution in [0, 0.1) is 0 Å². The molecule has 108 valence electrons. The van der Waals surface area contributed by atoms with Crippen molar-refractivity contribution in [3.05, 3.63) is 36.1 Å². The van der Waals surface area contributed by atoms with E-state index in [0.29, 0.717) is 6.04 Å². The zero-order chi connectivity index (χ0) is 12.7. The van der Waals surface area contributed by atoms with Gasteiger partial charge in [-0.1, -0.05) is 18.2 Å². The Bertz CT molecular complexity index is 550. The molecule has 3 heterocycles. The second-order valence-electron chi connectivity index (χ2n) is 5.91. The molecule has 2 unspecified atom stereocenters. The van der Waals surface area contributed by atoms with Crippen LogP contribution in [0.25, 0.3) is 11.0 Å². The third-order valence-electron chi connectivity index (χ3n) is 4.46. The molecule has 2 bridgehead atoms. The smallest absolute Gasteiger partial charge is 0.134 e. The monoisotopic (exact) mass is 292 g/mol. The van der Waals surface area contributed by atoms with E-state index in [4.69, 9.17) is 4.42 Å². The van der Waals surface area contributed by atoms with Crippen LogP contribution in [0.3, 0.4) is 0 Å². The molecule has 1 N–H and O–H groups in total. The summed E-state index contributed by atoms with van der Waals surface area (Å²) in [4.78, 5) is 2.54. The molecule has 2 fully saturated rings. The predicted octanol–water partition coefficient (Wildman–Crippen LogP) is 3.18. The molecule has 0 amide bonds. The van der Waals surface area contributed by atoms with Gasteiger partial charge in [-0.2, -0.15) is 0 Å². The lowest BCUT2D eigenvalue weighted by Crippen LogP contribution is -2.34. The van der Waals surface area contributed by atoms with Crippen molar-refractivity contribution < 1.29 is 4.42 Å². The van der Waals surface area contributed by atoms with E-state index >= 15 is 0 Å². The summed E-state index contributed by atoms with van der Waals surface area (Å²) in [6, 6.07) is 11.9. The van der Waals surface area contributed by atoms with E-state index in [1.54, 1.807) is 0 Å². The lowest BCUT2D eigenvalue weighted by Gasteiger charge is -2.22. The number of para-hydroxylation sites is 1. The number of hydrogen-bond donors (Lipinski definition) is 1. The highest BCUT2D eigenvalue weighted by atomic mass is 35.5. The van der Waals surface area contributed by atoms with Crippen LogP contribution in [-0.2, 0) is 6.54 Å². The van der Waals surface area contributed by atoms with Gasteiger partial charge in [-0.3, -0.25) is 4.90 Å². The molecule has 4 heteroatoms. The number of hydrogen-bond acceptors (Lipinski definition) is 3. The average molecular weight is 293 g/mol. The van der Waals surface area contributed by atoms with E-state index in [0.717, 1.165) is 30.5 Å². The number of rotatable bonds is 2. The second kappa shape index (κ2) is 5.76. The number of nitrogens with one attached hydrogen (secondary N) is 1. The maximum Gasteiger partial charge on any atom is 0.134 e. The van der Waals surface area contributed by atoms with Gasteiger partial charge in [-0.25, -0.2) is 0 Å². The van der Waals surface area contributed by atoms with E-state index in [-0.39, 0.29) is 12.4 Å². The lowest BCUT2D eigenvalue weighted by atomic mass is 10.1. The van der Waals surface area contributed by atoms with Crippen LogP contribution < -0.4 is 5.32 Å². The number of likely N-dealkylation sites (tertiary alicyclic amines) is 1. The van der Waals surface area contributed by atoms with Crippen LogP contribution in [0.4, 0.5) is 0 Å². The largest absolute Gasteiger partial charge is 0.460 e. The Morgan fingerprint density at radius 2 is 2.00 bits per heavy atom. The fraction of sp³-hybridized carbons (Fsp3) is 0.500. The van der Waals surface area contributed by atoms with E-state index in [1.165, 1.54) is 31.2 Å². The number of nitrogens with zero attached hydrogens (tertiary/aromatic N) is 1. The Labute approximate surface area is 125 Å². The molecule has 0 spiro atoms. The average Bonchev–Trinajstić information content (AvgIpc) is 2.95. The van der Waals surface area contributed by atoms with Crippen LogP contribution in [0.1, 0.15) is 25.0 Å². The minimum atomic E-state index is 0. The fourth-order valence-electron chi connectivity index (χ4n) is 3.49. The van der Waals surface area contributed by atoms with E-state index in [2.05, 4.69) is 28.4 Å². The van der Waals surface area contributed by atoms with Crippen molar-refractivity contribution in [3.8, 4) is 0 Å². The van der Waals surface area contributed by atoms with Crippen LogP contribution in [0.2, 0.25) is 0 Å². The van der Waals surface area contributed by atoms with Crippen molar-refractivity contribution in [2.24, 2.45) is 0 Å². The van der Waals surface area contributed by atoms with Gasteiger partial charge in [0.05, 0.1) is 6.54 Å². The van der Waals surface area contributed by atoms with Crippen molar-refractivity contribution in [2.45, 2.75) is 37.9 Å². The van der Waals surface area contributed by atoms with Gasteiger partial charge in [-0.05, 0) is 31.4 Å². The molecule has 2 atom stereocenters. The predicted molar refractivity (Wildman–Crippen MR) is 83.3 cm³/mol. The summed E-state index contributed by atoms with van der Waals surface area (Å²) in [5.74, 6) is 1.10. The first-order valence-corrected chi connectivity index (χ1v) is 7.33. The summed E-state index contributed by atoms with van der Waals surface area (Å²) in [5.41, 5.74) is 1.01. The Balaban J connectivity index is 0.00000121. The van der Waals surface area contributed by atoms with Gasteiger partial charge in [-0.15, -0.1) is 12.4 Å². The Hall–Kier alpha value is -1.03. The maximum absolute atomic E-state index is 5.93. The normalized spacial score (nSPS) is 26.4. The molecule has 0 aliphatic carbocycles. The summed E-state index contributed by atoms with van der Waals surface area (Å²) in [7, 11) is 0. The summed E-state index contributed by atoms with van der Waals surface area (Å²) in [5, 5.41) is 4.94. The molecule has 1 aromatic heterocycles. The molecule has 2 aromatic rings. The number of halogens is 1. The van der Waals surface area contributed by atoms with Gasteiger partial charge in [0, 0.05) is 30.6 Å². The standard InChI is InChI=1S/C16H20N2O.ClH/c1-2-4-16-12(3-1)9-15(19-16)11-18-8-7-13-5-6-14(10-18)17-13;/h1-4,9,13-14,17H,5-8,10-11H2;1H. The molecule has 2 aliphatic heterocycles. The summed E-state index contributed by atoms with van der Waals surface area (Å²) in [6.45, 7) is 3.29. The molecule has 2 saturated heterocycles. The zero-order valence-corrected chi connectivity index (χ0v) is 12.4. The number of furan rings is 1. The molecule has 0 radical (unpaired) electrons. The maximum atomic E-state index is 5.93. The van der Waals surface area contributed by atoms with Crippen LogP contribution >= 0.6 is 12.4 Å². The minimum Gasteiger partial charge on any atom is -0.460 e. The van der Waals surface area contributed by atoms with Gasteiger partial charge in [0.1, 0.15) is 11.3 Å². The number of benzene rings is 1. The second-order valence-corrected chi connectivity index (χ2v) is 5.91. The van der Waals surface area contributed by atoms with Gasteiger partial charge >= 0.3 is 0 Å². The highest BCUT2D eigenvalue weighted by Crippen LogP contribution is 2.24. The van der Waals surface area contributed by atoms with Gasteiger partial charge in [0.2, 0.25) is 0 Å². The molecular formula is C16H21ClN2O. The molecule has 3 nitrogen and oxygen atoms in total. The minimum absolute atomic E-state index is 0. The van der Waals surface area contributed by atoms with Crippen molar-refractivity contribution in [1.29, 1.82) is 0 Å². The van der Waals surface area contributed by atoms with Crippen LogP contribution in [-0.4, -0.2) is 30.1 Å². The number of fused-ring (bicyclic) bond motifs is 3. The fourth-order valence-corrected chi connectivity index (χ4v) is 3.49. The molecule has 0 saturated carbocycles. The summed E-state index contributed by atoms with van der Waals surface area (Å²) >= 11 is 0. The first-order chi connectivity index (χ1) is 9.37. The van der Waals surface area contributed by atoms with E-state index < -0.39 is 0 Å². The lowest BCUT2D eigenvalue weighted by molar-refractivity contribution is 0.234. The van der Waals surface area contributed by atoms with Crippen LogP contribution in [0.5, 0.6) is 0 Å². The first-order valence-electron chi connectivity index (χ1n) is 7.33. The summed E-state index contributed by atoms with van der Waals surface area (Å²) in [6.07, 6.45) is 3.97. The van der Waals surface area contributed by atoms with Crippen molar-refractivity contribution in [1.82, 2.24) is 10.2 Å². The van der Waals surface area contributed by atoms with Gasteiger partial charge in [0.15, 0.2) is 0 Å². The van der Waals surface area contributed by atoms with Crippen LogP contribution in [0.15, 0.2) is 34.7 Å². The van der Waals surface area contributed by atoms with Gasteiger partial charge in [0.25, 0.3) is 0 Å². The zero-order valence-electron chi connectivity index (χ0n) is 11.5. The molecule has 20 heavy (non-hydrogen) atoms. The highest BCUT2D eigenvalue weighted by Gasteiger charge is 2.29. The molecule has 2 aliphatic rings. The molecular weight excluding hydrogens is 272 g/mol. The first kappa shape index (κ1) is 13.9. The van der Waals surface area contributed by atoms with Gasteiger partial charge < -0.3 is 9.73 Å². The van der Waals surface area contributed by atoms with E-state index in [1.807, 2.05) is 12.1 Å². The third-order valence-corrected chi connectivity index (χ3v) is 4.46. The SMILES string of the molecule is Cl.c1ccc2oc(CN3CCC4CCC(C3)N4)cc2c1. The quantitative estimate of drug-likeness (QED) is 0.921.